The summed E-state index contributed by atoms with van der Waals surface area (Å²) in [6, 6.07) is 7.59. The van der Waals surface area contributed by atoms with E-state index in [4.69, 9.17) is 4.74 Å². The lowest BCUT2D eigenvalue weighted by Crippen LogP contribution is -2.44. The molecule has 1 saturated heterocycles. The minimum absolute atomic E-state index is 0.0622. The van der Waals surface area contributed by atoms with E-state index in [0.29, 0.717) is 38.2 Å². The predicted molar refractivity (Wildman–Crippen MR) is 120 cm³/mol. The Hall–Kier alpha value is -3.39. The van der Waals surface area contributed by atoms with Gasteiger partial charge in [-0.3, -0.25) is 14.4 Å². The number of rotatable bonds is 3. The van der Waals surface area contributed by atoms with E-state index in [1.165, 1.54) is 0 Å². The van der Waals surface area contributed by atoms with Crippen molar-refractivity contribution >= 4 is 22.7 Å². The Bertz CT molecular complexity index is 1240. The summed E-state index contributed by atoms with van der Waals surface area (Å²) >= 11 is 0. The Kier molecular flexibility index (Phi) is 5.30. The molecular formula is C24H26N4O4. The van der Waals surface area contributed by atoms with Gasteiger partial charge in [0.15, 0.2) is 0 Å². The maximum absolute atomic E-state index is 13.2. The van der Waals surface area contributed by atoms with E-state index in [9.17, 15) is 14.4 Å². The predicted octanol–water partition coefficient (Wildman–Crippen LogP) is 2.31. The van der Waals surface area contributed by atoms with Gasteiger partial charge in [0.2, 0.25) is 0 Å². The van der Waals surface area contributed by atoms with Crippen LogP contribution in [0.4, 0.5) is 0 Å². The van der Waals surface area contributed by atoms with Crippen molar-refractivity contribution in [1.82, 2.24) is 19.8 Å². The van der Waals surface area contributed by atoms with E-state index in [0.717, 1.165) is 34.9 Å². The van der Waals surface area contributed by atoms with Crippen LogP contribution < -0.4 is 5.56 Å². The van der Waals surface area contributed by atoms with Gasteiger partial charge in [0.05, 0.1) is 6.10 Å². The van der Waals surface area contributed by atoms with Crippen molar-refractivity contribution in [3.63, 3.8) is 0 Å². The first kappa shape index (κ1) is 20.5. The van der Waals surface area contributed by atoms with Crippen LogP contribution in [0.15, 0.2) is 41.5 Å². The lowest BCUT2D eigenvalue weighted by atomic mass is 9.95. The number of carbonyl (C=O) groups excluding carboxylic acids is 2. The molecule has 0 atom stereocenters. The van der Waals surface area contributed by atoms with Gasteiger partial charge in [0, 0.05) is 56.8 Å². The summed E-state index contributed by atoms with van der Waals surface area (Å²) in [6.45, 7) is 1.97. The van der Waals surface area contributed by atoms with Crippen molar-refractivity contribution in [2.75, 3.05) is 26.7 Å². The second-order valence-corrected chi connectivity index (χ2v) is 8.48. The van der Waals surface area contributed by atoms with Crippen molar-refractivity contribution in [3.8, 4) is 0 Å². The van der Waals surface area contributed by atoms with Crippen LogP contribution in [0.3, 0.4) is 0 Å². The molecule has 0 aliphatic carbocycles. The second-order valence-electron chi connectivity index (χ2n) is 8.48. The lowest BCUT2D eigenvalue weighted by Gasteiger charge is -2.33. The summed E-state index contributed by atoms with van der Waals surface area (Å²) < 4.78 is 5.38. The van der Waals surface area contributed by atoms with Gasteiger partial charge >= 0.3 is 0 Å². The molecule has 32 heavy (non-hydrogen) atoms. The third-order valence-corrected chi connectivity index (χ3v) is 6.65. The topological polar surface area (TPSA) is 98.5 Å². The van der Waals surface area contributed by atoms with Gasteiger partial charge in [-0.2, -0.15) is 0 Å². The third-order valence-electron chi connectivity index (χ3n) is 6.65. The SMILES string of the molecule is COC1CCN(C(=O)c2c3c(c[nH]c2=O)CN(C(=O)c2ccc4cc[nH]c4c2)CC3)CC1. The number of aromatic nitrogens is 2. The van der Waals surface area contributed by atoms with Gasteiger partial charge in [0.1, 0.15) is 5.56 Å². The maximum atomic E-state index is 13.2. The molecule has 0 spiro atoms. The Morgan fingerprint density at radius 1 is 1.03 bits per heavy atom. The van der Waals surface area contributed by atoms with Crippen LogP contribution in [-0.2, 0) is 17.7 Å². The average Bonchev–Trinajstić information content (AvgIpc) is 3.31. The molecule has 0 unspecified atom stereocenters. The fraction of sp³-hybridized carbons (Fsp3) is 0.375. The van der Waals surface area contributed by atoms with E-state index in [-0.39, 0.29) is 29.0 Å². The summed E-state index contributed by atoms with van der Waals surface area (Å²) in [4.78, 5) is 48.3. The van der Waals surface area contributed by atoms with Gasteiger partial charge in [-0.05, 0) is 54.0 Å². The summed E-state index contributed by atoms with van der Waals surface area (Å²) in [5.74, 6) is -0.289. The molecular weight excluding hydrogens is 408 g/mol. The first-order chi connectivity index (χ1) is 15.5. The molecule has 0 bridgehead atoms. The number of nitrogens with one attached hydrogen (secondary N) is 2. The number of aromatic amines is 2. The Balaban J connectivity index is 1.38. The number of fused-ring (bicyclic) bond motifs is 2. The number of pyridine rings is 1. The molecule has 0 radical (unpaired) electrons. The van der Waals surface area contributed by atoms with Crippen LogP contribution in [0.25, 0.3) is 10.9 Å². The molecule has 2 aromatic heterocycles. The number of benzene rings is 1. The van der Waals surface area contributed by atoms with Crippen molar-refractivity contribution in [2.45, 2.75) is 31.9 Å². The van der Waals surface area contributed by atoms with E-state index in [1.807, 2.05) is 30.5 Å². The molecule has 1 aromatic carbocycles. The largest absolute Gasteiger partial charge is 0.381 e. The second kappa shape index (κ2) is 8.27. The smallest absolute Gasteiger partial charge is 0.261 e. The quantitative estimate of drug-likeness (QED) is 0.661. The van der Waals surface area contributed by atoms with Gasteiger partial charge in [0.25, 0.3) is 17.4 Å². The average molecular weight is 434 g/mol. The number of hydrogen-bond acceptors (Lipinski definition) is 4. The van der Waals surface area contributed by atoms with Crippen LogP contribution >= 0.6 is 0 Å². The zero-order chi connectivity index (χ0) is 22.2. The van der Waals surface area contributed by atoms with Crippen LogP contribution in [0, 0.1) is 0 Å². The molecule has 2 aliphatic rings. The zero-order valence-electron chi connectivity index (χ0n) is 18.0. The molecule has 2 aliphatic heterocycles. The van der Waals surface area contributed by atoms with Crippen molar-refractivity contribution in [1.29, 1.82) is 0 Å². The number of methoxy groups -OCH3 is 1. The highest BCUT2D eigenvalue weighted by molar-refractivity contribution is 5.98. The first-order valence-electron chi connectivity index (χ1n) is 11.0. The standard InChI is InChI=1S/C24H26N4O4/c1-32-18-5-9-27(10-6-18)24(31)21-19-7-11-28(14-17(19)13-26-22(21)29)23(30)16-3-2-15-4-8-25-20(15)12-16/h2-4,8,12-13,18,25H,5-7,9-11,14H2,1H3,(H,26,29). The molecule has 0 saturated carbocycles. The van der Waals surface area contributed by atoms with Crippen LogP contribution in [0.5, 0.6) is 0 Å². The fourth-order valence-electron chi connectivity index (χ4n) is 4.78. The summed E-state index contributed by atoms with van der Waals surface area (Å²) in [7, 11) is 1.68. The highest BCUT2D eigenvalue weighted by atomic mass is 16.5. The Morgan fingerprint density at radius 3 is 2.62 bits per heavy atom. The summed E-state index contributed by atoms with van der Waals surface area (Å²) in [5, 5.41) is 1.06. The summed E-state index contributed by atoms with van der Waals surface area (Å²) in [6.07, 6.45) is 5.66. The van der Waals surface area contributed by atoms with E-state index < -0.39 is 0 Å². The number of likely N-dealkylation sites (tertiary alicyclic amines) is 1. The van der Waals surface area contributed by atoms with Crippen molar-refractivity contribution in [3.05, 3.63) is 69.3 Å². The highest BCUT2D eigenvalue weighted by Crippen LogP contribution is 2.24. The maximum Gasteiger partial charge on any atom is 0.261 e. The van der Waals surface area contributed by atoms with Crippen molar-refractivity contribution in [2.24, 2.45) is 0 Å². The number of carbonyl (C=O) groups is 2. The van der Waals surface area contributed by atoms with Crippen LogP contribution in [-0.4, -0.2) is 64.4 Å². The fourth-order valence-corrected chi connectivity index (χ4v) is 4.78. The Morgan fingerprint density at radius 2 is 1.84 bits per heavy atom. The lowest BCUT2D eigenvalue weighted by molar-refractivity contribution is 0.0349. The van der Waals surface area contributed by atoms with E-state index in [1.54, 1.807) is 23.1 Å². The number of H-pyrrole nitrogens is 2. The van der Waals surface area contributed by atoms with Gasteiger partial charge < -0.3 is 24.5 Å². The van der Waals surface area contributed by atoms with Gasteiger partial charge in [-0.15, -0.1) is 0 Å². The van der Waals surface area contributed by atoms with Crippen LogP contribution in [0.2, 0.25) is 0 Å². The number of hydrogen-bond donors (Lipinski definition) is 2. The van der Waals surface area contributed by atoms with Crippen molar-refractivity contribution < 1.29 is 14.3 Å². The molecule has 4 heterocycles. The molecule has 3 aromatic rings. The molecule has 8 nitrogen and oxygen atoms in total. The molecule has 2 amide bonds. The molecule has 2 N–H and O–H groups in total. The van der Waals surface area contributed by atoms with Crippen LogP contribution in [0.1, 0.15) is 44.7 Å². The Labute approximate surface area is 185 Å². The summed E-state index contributed by atoms with van der Waals surface area (Å²) in [5.41, 5.74) is 2.97. The normalized spacial score (nSPS) is 16.9. The molecule has 5 rings (SSSR count). The zero-order valence-corrected chi connectivity index (χ0v) is 18.0. The number of amides is 2. The number of piperidine rings is 1. The third kappa shape index (κ3) is 3.60. The molecule has 166 valence electrons. The van der Waals surface area contributed by atoms with E-state index >= 15 is 0 Å². The van der Waals surface area contributed by atoms with E-state index in [2.05, 4.69) is 9.97 Å². The highest BCUT2D eigenvalue weighted by Gasteiger charge is 2.31. The molecule has 8 heteroatoms. The van der Waals surface area contributed by atoms with Gasteiger partial charge in [-0.1, -0.05) is 6.07 Å². The number of nitrogens with zero attached hydrogens (tertiary/aromatic N) is 2. The monoisotopic (exact) mass is 434 g/mol. The molecule has 1 fully saturated rings. The minimum Gasteiger partial charge on any atom is -0.381 e. The van der Waals surface area contributed by atoms with Gasteiger partial charge in [-0.25, -0.2) is 0 Å². The number of ether oxygens (including phenoxy) is 1. The first-order valence-corrected chi connectivity index (χ1v) is 11.0. The minimum atomic E-state index is -0.361.